The molecule has 0 amide bonds. The Bertz CT molecular complexity index is 435. The topological polar surface area (TPSA) is 38.9 Å². The molecule has 2 nitrogen and oxygen atoms in total. The summed E-state index contributed by atoms with van der Waals surface area (Å²) >= 11 is 0. The highest BCUT2D eigenvalue weighted by molar-refractivity contribution is 5.85. The zero-order valence-electron chi connectivity index (χ0n) is 7.62. The highest BCUT2D eigenvalue weighted by atomic mass is 14.6. The van der Waals surface area contributed by atoms with Crippen LogP contribution in [0.4, 0.5) is 0 Å². The maximum atomic E-state index is 5.61. The fourth-order valence-corrected chi connectivity index (χ4v) is 1.52. The summed E-state index contributed by atoms with van der Waals surface area (Å²) in [6.45, 7) is 2.63. The van der Waals surface area contributed by atoms with Crippen molar-refractivity contribution in [3.8, 4) is 0 Å². The Hall–Kier alpha value is -1.41. The van der Waals surface area contributed by atoms with E-state index >= 15 is 0 Å². The van der Waals surface area contributed by atoms with E-state index in [9.17, 15) is 0 Å². The van der Waals surface area contributed by atoms with Crippen LogP contribution in [0.3, 0.4) is 0 Å². The fourth-order valence-electron chi connectivity index (χ4n) is 1.52. The number of hydrogen-bond acceptors (Lipinski definition) is 2. The molecule has 0 saturated carbocycles. The normalized spacial score (nSPS) is 10.6. The van der Waals surface area contributed by atoms with Gasteiger partial charge in [0.15, 0.2) is 0 Å². The van der Waals surface area contributed by atoms with E-state index in [1.54, 1.807) is 0 Å². The molecule has 0 aliphatic rings. The number of aromatic nitrogens is 1. The van der Waals surface area contributed by atoms with Gasteiger partial charge in [-0.15, -0.1) is 0 Å². The second-order valence-electron chi connectivity index (χ2n) is 3.23. The van der Waals surface area contributed by atoms with E-state index in [0.29, 0.717) is 6.54 Å². The summed E-state index contributed by atoms with van der Waals surface area (Å²) in [6, 6.07) is 6.33. The summed E-state index contributed by atoms with van der Waals surface area (Å²) < 4.78 is 0. The zero-order chi connectivity index (χ0) is 9.26. The summed E-state index contributed by atoms with van der Waals surface area (Å²) in [5.74, 6) is 0. The predicted molar refractivity (Wildman–Crippen MR) is 54.4 cm³/mol. The number of nitrogens with two attached hydrogens (primary N) is 1. The summed E-state index contributed by atoms with van der Waals surface area (Å²) in [6.07, 6.45) is 3.71. The van der Waals surface area contributed by atoms with E-state index in [1.807, 2.05) is 12.4 Å². The van der Waals surface area contributed by atoms with Gasteiger partial charge in [0.1, 0.15) is 0 Å². The molecule has 0 aliphatic carbocycles. The van der Waals surface area contributed by atoms with Gasteiger partial charge in [0.2, 0.25) is 0 Å². The molecule has 0 radical (unpaired) electrons. The van der Waals surface area contributed by atoms with E-state index in [4.69, 9.17) is 5.73 Å². The number of nitrogens with zero attached hydrogens (tertiary/aromatic N) is 1. The van der Waals surface area contributed by atoms with Crippen LogP contribution < -0.4 is 5.73 Å². The highest BCUT2D eigenvalue weighted by Gasteiger charge is 1.98. The molecule has 1 aromatic carbocycles. The molecule has 0 spiro atoms. The quantitative estimate of drug-likeness (QED) is 0.714. The molecule has 0 fully saturated rings. The number of pyridine rings is 1. The van der Waals surface area contributed by atoms with Gasteiger partial charge < -0.3 is 5.73 Å². The first kappa shape index (κ1) is 8.20. The Morgan fingerprint density at radius 1 is 1.31 bits per heavy atom. The largest absolute Gasteiger partial charge is 0.326 e. The predicted octanol–water partition coefficient (Wildman–Crippen LogP) is 2.00. The van der Waals surface area contributed by atoms with Gasteiger partial charge in [-0.1, -0.05) is 17.7 Å². The first-order valence-corrected chi connectivity index (χ1v) is 4.34. The molecule has 2 rings (SSSR count). The molecule has 2 heteroatoms. The molecule has 2 aromatic rings. The Balaban J connectivity index is 2.77. The fraction of sp³-hybridized carbons (Fsp3) is 0.182. The highest BCUT2D eigenvalue weighted by Crippen LogP contribution is 2.18. The lowest BCUT2D eigenvalue weighted by molar-refractivity contribution is 1.07. The number of fused-ring (bicyclic) bond motifs is 1. The third-order valence-corrected chi connectivity index (χ3v) is 2.22. The van der Waals surface area contributed by atoms with Gasteiger partial charge in [-0.2, -0.15) is 0 Å². The lowest BCUT2D eigenvalue weighted by atomic mass is 10.1. The lowest BCUT2D eigenvalue weighted by Crippen LogP contribution is -1.97. The summed E-state index contributed by atoms with van der Waals surface area (Å²) in [4.78, 5) is 4.14. The number of hydrogen-bond donors (Lipinski definition) is 1. The Morgan fingerprint density at radius 2 is 2.15 bits per heavy atom. The van der Waals surface area contributed by atoms with Crippen LogP contribution in [0.1, 0.15) is 11.1 Å². The van der Waals surface area contributed by atoms with Crippen molar-refractivity contribution in [2.45, 2.75) is 13.5 Å². The van der Waals surface area contributed by atoms with E-state index in [1.165, 1.54) is 16.3 Å². The van der Waals surface area contributed by atoms with Gasteiger partial charge in [0.05, 0.1) is 0 Å². The minimum absolute atomic E-state index is 0.549. The molecule has 0 bridgehead atoms. The summed E-state index contributed by atoms with van der Waals surface area (Å²) in [5, 5.41) is 2.38. The van der Waals surface area contributed by atoms with Crippen LogP contribution in [-0.2, 0) is 6.54 Å². The summed E-state index contributed by atoms with van der Waals surface area (Å²) in [7, 11) is 0. The Labute approximate surface area is 77.4 Å². The standard InChI is InChI=1S/C11H12N2/c1-8-2-3-11-9(4-8)6-13-7-10(11)5-12/h2-4,6-7H,5,12H2,1H3. The van der Waals surface area contributed by atoms with Crippen molar-refractivity contribution < 1.29 is 0 Å². The second kappa shape index (κ2) is 3.15. The van der Waals surface area contributed by atoms with Crippen molar-refractivity contribution in [3.05, 3.63) is 41.7 Å². The van der Waals surface area contributed by atoms with Gasteiger partial charge in [-0.05, 0) is 23.9 Å². The maximum absolute atomic E-state index is 5.61. The molecule has 66 valence electrons. The molecule has 13 heavy (non-hydrogen) atoms. The van der Waals surface area contributed by atoms with Crippen LogP contribution in [0.25, 0.3) is 10.8 Å². The smallest absolute Gasteiger partial charge is 0.0346 e. The molecule has 0 unspecified atom stereocenters. The average Bonchev–Trinajstić information content (AvgIpc) is 2.16. The molecule has 0 aliphatic heterocycles. The molecule has 2 N–H and O–H groups in total. The Morgan fingerprint density at radius 3 is 2.92 bits per heavy atom. The molecule has 1 aromatic heterocycles. The van der Waals surface area contributed by atoms with Crippen molar-refractivity contribution in [2.75, 3.05) is 0 Å². The number of benzene rings is 1. The monoisotopic (exact) mass is 172 g/mol. The van der Waals surface area contributed by atoms with Crippen molar-refractivity contribution in [1.29, 1.82) is 0 Å². The van der Waals surface area contributed by atoms with Crippen molar-refractivity contribution >= 4 is 10.8 Å². The first-order chi connectivity index (χ1) is 6.31. The van der Waals surface area contributed by atoms with Gasteiger partial charge in [-0.25, -0.2) is 0 Å². The second-order valence-corrected chi connectivity index (χ2v) is 3.23. The Kier molecular flexibility index (Phi) is 1.99. The summed E-state index contributed by atoms with van der Waals surface area (Å²) in [5.41, 5.74) is 7.98. The van der Waals surface area contributed by atoms with Gasteiger partial charge in [-0.3, -0.25) is 4.98 Å². The zero-order valence-corrected chi connectivity index (χ0v) is 7.62. The van der Waals surface area contributed by atoms with E-state index in [0.717, 1.165) is 5.56 Å². The van der Waals surface area contributed by atoms with Crippen LogP contribution in [0.5, 0.6) is 0 Å². The molecular weight excluding hydrogens is 160 g/mol. The van der Waals surface area contributed by atoms with E-state index in [2.05, 4.69) is 30.1 Å². The SMILES string of the molecule is Cc1ccc2c(CN)cncc2c1. The molecular formula is C11H12N2. The maximum Gasteiger partial charge on any atom is 0.0346 e. The first-order valence-electron chi connectivity index (χ1n) is 4.34. The average molecular weight is 172 g/mol. The minimum atomic E-state index is 0.549. The molecule has 0 saturated heterocycles. The molecule has 1 heterocycles. The van der Waals surface area contributed by atoms with Crippen LogP contribution in [0, 0.1) is 6.92 Å². The van der Waals surface area contributed by atoms with Gasteiger partial charge >= 0.3 is 0 Å². The van der Waals surface area contributed by atoms with Crippen molar-refractivity contribution in [1.82, 2.24) is 4.98 Å². The van der Waals surface area contributed by atoms with E-state index < -0.39 is 0 Å². The van der Waals surface area contributed by atoms with E-state index in [-0.39, 0.29) is 0 Å². The van der Waals surface area contributed by atoms with Crippen LogP contribution in [-0.4, -0.2) is 4.98 Å². The van der Waals surface area contributed by atoms with Crippen molar-refractivity contribution in [2.24, 2.45) is 5.73 Å². The lowest BCUT2D eigenvalue weighted by Gasteiger charge is -2.03. The third kappa shape index (κ3) is 1.40. The van der Waals surface area contributed by atoms with Gasteiger partial charge in [0, 0.05) is 24.3 Å². The van der Waals surface area contributed by atoms with Crippen LogP contribution >= 0.6 is 0 Å². The minimum Gasteiger partial charge on any atom is -0.326 e. The number of aryl methyl sites for hydroxylation is 1. The van der Waals surface area contributed by atoms with Gasteiger partial charge in [0.25, 0.3) is 0 Å². The van der Waals surface area contributed by atoms with Crippen molar-refractivity contribution in [3.63, 3.8) is 0 Å². The van der Waals surface area contributed by atoms with Crippen LogP contribution in [0.2, 0.25) is 0 Å². The van der Waals surface area contributed by atoms with Crippen LogP contribution in [0.15, 0.2) is 30.6 Å². The number of rotatable bonds is 1. The molecule has 0 atom stereocenters. The third-order valence-electron chi connectivity index (χ3n) is 2.22.